The van der Waals surface area contributed by atoms with Crippen molar-refractivity contribution >= 4 is 5.97 Å². The van der Waals surface area contributed by atoms with Crippen LogP contribution in [0, 0.1) is 0 Å². The van der Waals surface area contributed by atoms with Crippen LogP contribution in [0.2, 0.25) is 0 Å². The van der Waals surface area contributed by atoms with E-state index in [-0.39, 0.29) is 19.2 Å². The zero-order chi connectivity index (χ0) is 42.9. The first kappa shape index (κ1) is 55.7. The molecule has 348 valence electrons. The molecule has 0 saturated carbocycles. The van der Waals surface area contributed by atoms with Crippen molar-refractivity contribution in [2.45, 2.75) is 263 Å². The first-order chi connectivity index (χ1) is 28.9. The maximum atomic E-state index is 12.8. The molecule has 0 aromatic heterocycles. The standard InChI is InChI=1S/C50H94O9/c1-3-5-7-9-11-13-15-17-18-19-20-21-22-23-24-25-26-27-29-31-33-35-37-39-46(52)58-44(43-57-50-49(55)48(54)47(53)45(41-51)59-50)42-56-40-38-36-34-32-30-28-16-14-12-10-8-6-4-2/h15,17,19-20,44-45,47-51,53-55H,3-14,16,18,21-43H2,1-2H3/b17-15-,20-19-. The van der Waals surface area contributed by atoms with E-state index in [0.29, 0.717) is 13.0 Å². The van der Waals surface area contributed by atoms with Gasteiger partial charge < -0.3 is 39.4 Å². The molecule has 59 heavy (non-hydrogen) atoms. The number of aliphatic hydroxyl groups is 4. The zero-order valence-electron chi connectivity index (χ0n) is 38.3. The van der Waals surface area contributed by atoms with Crippen LogP contribution in [0.1, 0.15) is 226 Å². The zero-order valence-corrected chi connectivity index (χ0v) is 38.3. The molecule has 0 radical (unpaired) electrons. The van der Waals surface area contributed by atoms with Gasteiger partial charge in [-0.3, -0.25) is 4.79 Å². The lowest BCUT2D eigenvalue weighted by molar-refractivity contribution is -0.305. The molecule has 0 spiro atoms. The highest BCUT2D eigenvalue weighted by molar-refractivity contribution is 5.69. The molecule has 0 aromatic rings. The maximum absolute atomic E-state index is 12.8. The second-order valence-electron chi connectivity index (χ2n) is 17.3. The van der Waals surface area contributed by atoms with E-state index < -0.39 is 43.4 Å². The van der Waals surface area contributed by atoms with E-state index in [1.54, 1.807) is 0 Å². The lowest BCUT2D eigenvalue weighted by Crippen LogP contribution is -2.59. The summed E-state index contributed by atoms with van der Waals surface area (Å²) in [6.07, 6.45) is 42.1. The Morgan fingerprint density at radius 2 is 0.983 bits per heavy atom. The lowest BCUT2D eigenvalue weighted by Gasteiger charge is -2.39. The molecule has 1 rings (SSSR count). The number of carbonyl (C=O) groups excluding carboxylic acids is 1. The van der Waals surface area contributed by atoms with E-state index in [9.17, 15) is 25.2 Å². The average molecular weight is 839 g/mol. The Labute approximate surface area is 362 Å². The van der Waals surface area contributed by atoms with Crippen molar-refractivity contribution in [3.05, 3.63) is 24.3 Å². The van der Waals surface area contributed by atoms with Gasteiger partial charge in [0.15, 0.2) is 6.29 Å². The summed E-state index contributed by atoms with van der Waals surface area (Å²) in [6.45, 7) is 4.58. The number of esters is 1. The highest BCUT2D eigenvalue weighted by atomic mass is 16.7. The monoisotopic (exact) mass is 839 g/mol. The van der Waals surface area contributed by atoms with Crippen molar-refractivity contribution in [1.29, 1.82) is 0 Å². The Balaban J connectivity index is 2.18. The van der Waals surface area contributed by atoms with E-state index in [1.165, 1.54) is 167 Å². The van der Waals surface area contributed by atoms with Gasteiger partial charge in [-0.25, -0.2) is 0 Å². The van der Waals surface area contributed by atoms with Crippen molar-refractivity contribution in [2.24, 2.45) is 0 Å². The molecule has 1 aliphatic rings. The molecular formula is C50H94O9. The summed E-state index contributed by atoms with van der Waals surface area (Å²) >= 11 is 0. The number of ether oxygens (including phenoxy) is 4. The molecule has 1 fully saturated rings. The van der Waals surface area contributed by atoms with E-state index >= 15 is 0 Å². The number of aliphatic hydroxyl groups excluding tert-OH is 4. The molecule has 1 saturated heterocycles. The largest absolute Gasteiger partial charge is 0.457 e. The van der Waals surface area contributed by atoms with Gasteiger partial charge in [-0.1, -0.05) is 199 Å². The van der Waals surface area contributed by atoms with Gasteiger partial charge in [0.05, 0.1) is 19.8 Å². The predicted octanol–water partition coefficient (Wildman–Crippen LogP) is 11.8. The Morgan fingerprint density at radius 3 is 1.46 bits per heavy atom. The van der Waals surface area contributed by atoms with Gasteiger partial charge in [0.25, 0.3) is 0 Å². The summed E-state index contributed by atoms with van der Waals surface area (Å²) in [5.41, 5.74) is 0. The number of allylic oxidation sites excluding steroid dienone is 4. The maximum Gasteiger partial charge on any atom is 0.306 e. The number of hydrogen-bond donors (Lipinski definition) is 4. The second-order valence-corrected chi connectivity index (χ2v) is 17.3. The fraction of sp³-hybridized carbons (Fsp3) is 0.900. The normalized spacial score (nSPS) is 20.3. The second kappa shape index (κ2) is 42.0. The fourth-order valence-electron chi connectivity index (χ4n) is 7.70. The van der Waals surface area contributed by atoms with Crippen molar-refractivity contribution in [3.63, 3.8) is 0 Å². The first-order valence-corrected chi connectivity index (χ1v) is 24.9. The third kappa shape index (κ3) is 33.0. The van der Waals surface area contributed by atoms with Gasteiger partial charge >= 0.3 is 5.97 Å². The summed E-state index contributed by atoms with van der Waals surface area (Å²) < 4.78 is 22.9. The Kier molecular flexibility index (Phi) is 39.6. The third-order valence-electron chi connectivity index (χ3n) is 11.6. The van der Waals surface area contributed by atoms with Crippen molar-refractivity contribution in [3.8, 4) is 0 Å². The molecular weight excluding hydrogens is 745 g/mol. The van der Waals surface area contributed by atoms with Crippen LogP contribution >= 0.6 is 0 Å². The number of carbonyl (C=O) groups is 1. The molecule has 6 unspecified atom stereocenters. The smallest absolute Gasteiger partial charge is 0.306 e. The lowest BCUT2D eigenvalue weighted by atomic mass is 9.99. The summed E-state index contributed by atoms with van der Waals surface area (Å²) in [4.78, 5) is 12.8. The Morgan fingerprint density at radius 1 is 0.542 bits per heavy atom. The summed E-state index contributed by atoms with van der Waals surface area (Å²) in [5, 5.41) is 40.2. The molecule has 0 bridgehead atoms. The van der Waals surface area contributed by atoms with Gasteiger partial charge in [-0.05, 0) is 44.9 Å². The van der Waals surface area contributed by atoms with E-state index in [1.807, 2.05) is 0 Å². The molecule has 6 atom stereocenters. The van der Waals surface area contributed by atoms with Crippen LogP contribution in [-0.4, -0.2) is 89.6 Å². The predicted molar refractivity (Wildman–Crippen MR) is 242 cm³/mol. The van der Waals surface area contributed by atoms with E-state index in [0.717, 1.165) is 38.5 Å². The highest BCUT2D eigenvalue weighted by Gasteiger charge is 2.44. The van der Waals surface area contributed by atoms with Gasteiger partial charge in [0.1, 0.15) is 30.5 Å². The topological polar surface area (TPSA) is 135 Å². The quantitative estimate of drug-likeness (QED) is 0.0269. The van der Waals surface area contributed by atoms with E-state index in [2.05, 4.69) is 38.2 Å². The Hall–Kier alpha value is -1.33. The number of hydrogen-bond acceptors (Lipinski definition) is 9. The highest BCUT2D eigenvalue weighted by Crippen LogP contribution is 2.23. The minimum Gasteiger partial charge on any atom is -0.457 e. The minimum absolute atomic E-state index is 0.110. The van der Waals surface area contributed by atoms with Crippen LogP contribution in [-0.2, 0) is 23.7 Å². The summed E-state index contributed by atoms with van der Waals surface area (Å²) in [5.74, 6) is -0.312. The third-order valence-corrected chi connectivity index (χ3v) is 11.6. The molecule has 1 aliphatic heterocycles. The van der Waals surface area contributed by atoms with Crippen molar-refractivity contribution in [2.75, 3.05) is 26.4 Å². The van der Waals surface area contributed by atoms with Crippen LogP contribution in [0.15, 0.2) is 24.3 Å². The summed E-state index contributed by atoms with van der Waals surface area (Å²) in [7, 11) is 0. The van der Waals surface area contributed by atoms with Crippen LogP contribution in [0.4, 0.5) is 0 Å². The molecule has 0 aromatic carbocycles. The Bertz CT molecular complexity index is 957. The molecule has 0 amide bonds. The van der Waals surface area contributed by atoms with E-state index in [4.69, 9.17) is 18.9 Å². The molecule has 0 aliphatic carbocycles. The molecule has 1 heterocycles. The average Bonchev–Trinajstić information content (AvgIpc) is 3.24. The van der Waals surface area contributed by atoms with Gasteiger partial charge in [-0.15, -0.1) is 0 Å². The SMILES string of the molecule is CCCCCCC/C=C\C/C=C\CCCCCCCCCCCCCC(=O)OC(COCCCCCCCCCCCCCCC)COC1OC(CO)C(O)C(O)C1O. The summed E-state index contributed by atoms with van der Waals surface area (Å²) in [6, 6.07) is 0. The van der Waals surface area contributed by atoms with Crippen molar-refractivity contribution < 1.29 is 44.2 Å². The molecule has 9 heteroatoms. The van der Waals surface area contributed by atoms with Crippen LogP contribution in [0.25, 0.3) is 0 Å². The van der Waals surface area contributed by atoms with Gasteiger partial charge in [0.2, 0.25) is 0 Å². The van der Waals surface area contributed by atoms with Gasteiger partial charge in [-0.2, -0.15) is 0 Å². The van der Waals surface area contributed by atoms with Crippen molar-refractivity contribution in [1.82, 2.24) is 0 Å². The van der Waals surface area contributed by atoms with Gasteiger partial charge in [0, 0.05) is 13.0 Å². The molecule has 4 N–H and O–H groups in total. The number of rotatable bonds is 43. The first-order valence-electron chi connectivity index (χ1n) is 24.9. The molecule has 9 nitrogen and oxygen atoms in total. The number of unbranched alkanes of at least 4 members (excludes halogenated alkanes) is 28. The minimum atomic E-state index is -1.53. The van der Waals surface area contributed by atoms with Crippen LogP contribution in [0.5, 0.6) is 0 Å². The van der Waals surface area contributed by atoms with Crippen LogP contribution in [0.3, 0.4) is 0 Å². The van der Waals surface area contributed by atoms with Crippen LogP contribution < -0.4 is 0 Å². The fourth-order valence-corrected chi connectivity index (χ4v) is 7.70.